The molecule has 3 N–H and O–H groups in total. The van der Waals surface area contributed by atoms with E-state index < -0.39 is 0 Å². The first-order valence-corrected chi connectivity index (χ1v) is 9.42. The Hall–Kier alpha value is -1.14. The standard InChI is InChI=1S/C18H22ClN3OS.ClH/c1-10(21-17(23)13-5-8-15(20)9-13)16-11(2)22-18(24-16)12-3-6-14(19)7-4-12;/h3-4,6-7,10,13,15H,5,8-9,20H2,1-2H3,(H,21,23);1H. The first-order chi connectivity index (χ1) is 11.4. The predicted molar refractivity (Wildman–Crippen MR) is 106 cm³/mol. The van der Waals surface area contributed by atoms with E-state index in [4.69, 9.17) is 17.3 Å². The number of hydrogen-bond acceptors (Lipinski definition) is 4. The number of amides is 1. The fourth-order valence-electron chi connectivity index (χ4n) is 3.18. The molecule has 1 aliphatic carbocycles. The average Bonchev–Trinajstić information content (AvgIpc) is 3.14. The Kier molecular flexibility index (Phi) is 6.86. The van der Waals surface area contributed by atoms with Gasteiger partial charge in [-0.1, -0.05) is 23.7 Å². The van der Waals surface area contributed by atoms with Crippen LogP contribution in [-0.4, -0.2) is 16.9 Å². The summed E-state index contributed by atoms with van der Waals surface area (Å²) in [4.78, 5) is 18.1. The Morgan fingerprint density at radius 1 is 1.36 bits per heavy atom. The molecule has 1 saturated carbocycles. The highest BCUT2D eigenvalue weighted by Gasteiger charge is 2.29. The molecule has 1 fully saturated rings. The number of carbonyl (C=O) groups excluding carboxylic acids is 1. The van der Waals surface area contributed by atoms with Crippen molar-refractivity contribution in [3.8, 4) is 10.6 Å². The number of halogens is 2. The van der Waals surface area contributed by atoms with E-state index in [9.17, 15) is 4.79 Å². The average molecular weight is 400 g/mol. The number of benzene rings is 1. The third-order valence-corrected chi connectivity index (χ3v) is 6.16. The van der Waals surface area contributed by atoms with Crippen LogP contribution in [-0.2, 0) is 4.79 Å². The van der Waals surface area contributed by atoms with Crippen LogP contribution >= 0.6 is 35.3 Å². The molecule has 0 saturated heterocycles. The van der Waals surface area contributed by atoms with Gasteiger partial charge in [0.1, 0.15) is 5.01 Å². The van der Waals surface area contributed by atoms with Crippen molar-refractivity contribution in [2.75, 3.05) is 0 Å². The van der Waals surface area contributed by atoms with Crippen molar-refractivity contribution in [1.82, 2.24) is 10.3 Å². The zero-order chi connectivity index (χ0) is 17.3. The van der Waals surface area contributed by atoms with Crippen molar-refractivity contribution >= 4 is 41.3 Å². The molecule has 2 aromatic rings. The maximum atomic E-state index is 12.4. The molecule has 25 heavy (non-hydrogen) atoms. The number of thiazole rings is 1. The lowest BCUT2D eigenvalue weighted by Crippen LogP contribution is -2.32. The summed E-state index contributed by atoms with van der Waals surface area (Å²) in [5.74, 6) is 0.155. The fourth-order valence-corrected chi connectivity index (χ4v) is 4.38. The van der Waals surface area contributed by atoms with Crippen molar-refractivity contribution in [2.24, 2.45) is 11.7 Å². The minimum atomic E-state index is -0.0483. The van der Waals surface area contributed by atoms with Gasteiger partial charge in [0.15, 0.2) is 0 Å². The summed E-state index contributed by atoms with van der Waals surface area (Å²) in [7, 11) is 0. The van der Waals surface area contributed by atoms with E-state index in [0.29, 0.717) is 5.02 Å². The molecule has 3 atom stereocenters. The van der Waals surface area contributed by atoms with Gasteiger partial charge >= 0.3 is 0 Å². The smallest absolute Gasteiger partial charge is 0.223 e. The molecule has 7 heteroatoms. The highest BCUT2D eigenvalue weighted by Crippen LogP contribution is 2.33. The topological polar surface area (TPSA) is 68.0 Å². The lowest BCUT2D eigenvalue weighted by atomic mass is 10.1. The van der Waals surface area contributed by atoms with Crippen molar-refractivity contribution in [3.63, 3.8) is 0 Å². The second kappa shape index (κ2) is 8.49. The molecule has 0 radical (unpaired) electrons. The van der Waals surface area contributed by atoms with Crippen LogP contribution in [0.15, 0.2) is 24.3 Å². The molecule has 3 unspecified atom stereocenters. The number of aromatic nitrogens is 1. The van der Waals surface area contributed by atoms with Gasteiger partial charge in [0.25, 0.3) is 0 Å². The maximum Gasteiger partial charge on any atom is 0.223 e. The summed E-state index contributed by atoms with van der Waals surface area (Å²) >= 11 is 7.56. The van der Waals surface area contributed by atoms with Crippen LogP contribution in [0.2, 0.25) is 5.02 Å². The molecule has 0 aliphatic heterocycles. The monoisotopic (exact) mass is 399 g/mol. The van der Waals surface area contributed by atoms with Gasteiger partial charge in [-0.2, -0.15) is 0 Å². The van der Waals surface area contributed by atoms with Crippen LogP contribution in [0.25, 0.3) is 10.6 Å². The molecule has 4 nitrogen and oxygen atoms in total. The van der Waals surface area contributed by atoms with Crippen LogP contribution in [0.1, 0.15) is 42.8 Å². The van der Waals surface area contributed by atoms with Gasteiger partial charge in [-0.3, -0.25) is 4.79 Å². The van der Waals surface area contributed by atoms with Crippen molar-refractivity contribution in [1.29, 1.82) is 0 Å². The van der Waals surface area contributed by atoms with E-state index in [1.54, 1.807) is 11.3 Å². The highest BCUT2D eigenvalue weighted by atomic mass is 35.5. The van der Waals surface area contributed by atoms with Crippen LogP contribution in [0.4, 0.5) is 0 Å². The Morgan fingerprint density at radius 3 is 2.64 bits per heavy atom. The number of rotatable bonds is 4. The number of carbonyl (C=O) groups is 1. The summed E-state index contributed by atoms with van der Waals surface area (Å²) in [6, 6.07) is 7.77. The van der Waals surface area contributed by atoms with Gasteiger partial charge < -0.3 is 11.1 Å². The summed E-state index contributed by atoms with van der Waals surface area (Å²) in [6.45, 7) is 4.00. The normalized spacial score (nSPS) is 20.8. The van der Waals surface area contributed by atoms with E-state index in [-0.39, 0.29) is 36.3 Å². The molecule has 1 aliphatic rings. The number of hydrogen-bond donors (Lipinski definition) is 2. The Bertz CT molecular complexity index is 732. The molecule has 3 rings (SSSR count). The van der Waals surface area contributed by atoms with Crippen molar-refractivity contribution < 1.29 is 4.79 Å². The zero-order valence-electron chi connectivity index (χ0n) is 14.3. The van der Waals surface area contributed by atoms with E-state index in [1.165, 1.54) is 0 Å². The molecule has 0 spiro atoms. The van der Waals surface area contributed by atoms with E-state index in [2.05, 4.69) is 10.3 Å². The van der Waals surface area contributed by atoms with Crippen LogP contribution in [0, 0.1) is 12.8 Å². The molecule has 1 aromatic carbocycles. The highest BCUT2D eigenvalue weighted by molar-refractivity contribution is 7.15. The van der Waals surface area contributed by atoms with Crippen molar-refractivity contribution in [3.05, 3.63) is 39.9 Å². The molecule has 136 valence electrons. The minimum Gasteiger partial charge on any atom is -0.348 e. The Morgan fingerprint density at radius 2 is 2.04 bits per heavy atom. The summed E-state index contributed by atoms with van der Waals surface area (Å²) in [5.41, 5.74) is 7.91. The number of nitrogens with one attached hydrogen (secondary N) is 1. The lowest BCUT2D eigenvalue weighted by molar-refractivity contribution is -0.125. The molecule has 1 amide bonds. The lowest BCUT2D eigenvalue weighted by Gasteiger charge is -2.16. The van der Waals surface area contributed by atoms with Gasteiger partial charge in [-0.05, 0) is 45.2 Å². The van der Waals surface area contributed by atoms with Gasteiger partial charge in [-0.25, -0.2) is 4.98 Å². The second-order valence-corrected chi connectivity index (χ2v) is 7.94. The number of nitrogens with zero attached hydrogens (tertiary/aromatic N) is 1. The van der Waals surface area contributed by atoms with E-state index in [1.807, 2.05) is 38.1 Å². The number of nitrogens with two attached hydrogens (primary N) is 1. The molecular formula is C18H23Cl2N3OS. The Labute approximate surface area is 163 Å². The minimum absolute atomic E-state index is 0. The third-order valence-electron chi connectivity index (χ3n) is 4.52. The molecular weight excluding hydrogens is 377 g/mol. The summed E-state index contributed by atoms with van der Waals surface area (Å²) in [6.07, 6.45) is 2.61. The second-order valence-electron chi connectivity index (χ2n) is 6.48. The van der Waals surface area contributed by atoms with Crippen LogP contribution in [0.5, 0.6) is 0 Å². The Balaban J connectivity index is 0.00000225. The predicted octanol–water partition coefficient (Wildman–Crippen LogP) is 4.50. The van der Waals surface area contributed by atoms with Gasteiger partial charge in [0.05, 0.1) is 16.6 Å². The first-order valence-electron chi connectivity index (χ1n) is 8.23. The van der Waals surface area contributed by atoms with Crippen LogP contribution < -0.4 is 11.1 Å². The molecule has 1 aromatic heterocycles. The summed E-state index contributed by atoms with van der Waals surface area (Å²) in [5, 5.41) is 4.79. The van der Waals surface area contributed by atoms with E-state index >= 15 is 0 Å². The zero-order valence-corrected chi connectivity index (χ0v) is 16.7. The molecule has 1 heterocycles. The maximum absolute atomic E-state index is 12.4. The SMILES string of the molecule is Cc1nc(-c2ccc(Cl)cc2)sc1C(C)NC(=O)C1CCC(N)C1.Cl. The largest absolute Gasteiger partial charge is 0.348 e. The van der Waals surface area contributed by atoms with Crippen LogP contribution in [0.3, 0.4) is 0 Å². The van der Waals surface area contributed by atoms with Crippen molar-refractivity contribution in [2.45, 2.75) is 45.2 Å². The molecule has 0 bridgehead atoms. The fraction of sp³-hybridized carbons (Fsp3) is 0.444. The quantitative estimate of drug-likeness (QED) is 0.794. The number of aryl methyl sites for hydroxylation is 1. The summed E-state index contributed by atoms with van der Waals surface area (Å²) < 4.78 is 0. The third kappa shape index (κ3) is 4.73. The van der Waals surface area contributed by atoms with Gasteiger partial charge in [0.2, 0.25) is 5.91 Å². The first kappa shape index (κ1) is 20.2. The van der Waals surface area contributed by atoms with Gasteiger partial charge in [-0.15, -0.1) is 23.7 Å². The van der Waals surface area contributed by atoms with Gasteiger partial charge in [0, 0.05) is 22.5 Å². The van der Waals surface area contributed by atoms with E-state index in [0.717, 1.165) is 40.4 Å².